The minimum atomic E-state index is -0.680. The number of aromatic nitrogens is 3. The highest BCUT2D eigenvalue weighted by Gasteiger charge is 2.50. The molecule has 2 heterocycles. The van der Waals surface area contributed by atoms with Crippen LogP contribution in [0.15, 0.2) is 66.5 Å². The van der Waals surface area contributed by atoms with E-state index in [1.807, 2.05) is 49.4 Å². The molecule has 2 aliphatic carbocycles. The Hall–Kier alpha value is -3.67. The van der Waals surface area contributed by atoms with Gasteiger partial charge in [0, 0.05) is 40.4 Å². The van der Waals surface area contributed by atoms with Crippen molar-refractivity contribution in [2.75, 3.05) is 0 Å². The van der Waals surface area contributed by atoms with Crippen LogP contribution < -0.4 is 5.73 Å². The van der Waals surface area contributed by atoms with Gasteiger partial charge >= 0.3 is 0 Å². The van der Waals surface area contributed by atoms with Gasteiger partial charge in [-0.15, -0.1) is 0 Å². The van der Waals surface area contributed by atoms with Crippen molar-refractivity contribution in [3.63, 3.8) is 0 Å². The first-order valence-electron chi connectivity index (χ1n) is 10.8. The van der Waals surface area contributed by atoms with Crippen LogP contribution in [-0.2, 0) is 21.4 Å². The lowest BCUT2D eigenvalue weighted by Crippen LogP contribution is -2.48. The van der Waals surface area contributed by atoms with E-state index in [0.717, 1.165) is 40.9 Å². The van der Waals surface area contributed by atoms with Crippen LogP contribution >= 0.6 is 0 Å². The monoisotopic (exact) mass is 424 g/mol. The van der Waals surface area contributed by atoms with Crippen LogP contribution in [0.2, 0.25) is 0 Å². The Kier molecular flexibility index (Phi) is 4.73. The number of amides is 1. The van der Waals surface area contributed by atoms with Crippen molar-refractivity contribution in [3.8, 4) is 22.6 Å². The van der Waals surface area contributed by atoms with Gasteiger partial charge in [-0.3, -0.25) is 14.6 Å². The van der Waals surface area contributed by atoms with Crippen molar-refractivity contribution < 1.29 is 9.59 Å². The molecular formula is C26H24N4O2. The van der Waals surface area contributed by atoms with Crippen molar-refractivity contribution in [1.82, 2.24) is 15.0 Å². The van der Waals surface area contributed by atoms with E-state index in [2.05, 4.69) is 11.9 Å². The van der Waals surface area contributed by atoms with E-state index in [0.29, 0.717) is 5.82 Å². The third kappa shape index (κ3) is 3.06. The Balaban J connectivity index is 1.81. The molecule has 0 spiro atoms. The number of Topliss-reactive ketones (excluding diaryl/α,β-unsaturated/α-hetero) is 1. The highest BCUT2D eigenvalue weighted by Crippen LogP contribution is 2.50. The van der Waals surface area contributed by atoms with E-state index in [-0.39, 0.29) is 23.2 Å². The molecule has 6 nitrogen and oxygen atoms in total. The molecule has 0 unspecified atom stereocenters. The molecule has 0 fully saturated rings. The first kappa shape index (κ1) is 20.2. The maximum absolute atomic E-state index is 12.8. The first-order valence-corrected chi connectivity index (χ1v) is 10.8. The molecule has 0 saturated carbocycles. The predicted molar refractivity (Wildman–Crippen MR) is 121 cm³/mol. The zero-order valence-electron chi connectivity index (χ0n) is 18.1. The van der Waals surface area contributed by atoms with E-state index in [1.54, 1.807) is 18.5 Å². The molecule has 160 valence electrons. The van der Waals surface area contributed by atoms with E-state index in [4.69, 9.17) is 15.7 Å². The van der Waals surface area contributed by atoms with E-state index in [9.17, 15) is 9.59 Å². The number of nitrogens with zero attached hydrogens (tertiary/aromatic N) is 3. The summed E-state index contributed by atoms with van der Waals surface area (Å²) in [5, 5.41) is 0. The number of allylic oxidation sites excluding steroid dienone is 1. The zero-order valence-corrected chi connectivity index (χ0v) is 18.1. The van der Waals surface area contributed by atoms with Gasteiger partial charge in [0.25, 0.3) is 5.91 Å². The molecule has 2 N–H and O–H groups in total. The van der Waals surface area contributed by atoms with E-state index in [1.165, 1.54) is 0 Å². The summed E-state index contributed by atoms with van der Waals surface area (Å²) in [5.41, 5.74) is 9.78. The smallest absolute Gasteiger partial charge is 0.252 e. The summed E-state index contributed by atoms with van der Waals surface area (Å²) in [6, 6.07) is 13.8. The molecule has 0 bridgehead atoms. The van der Waals surface area contributed by atoms with E-state index < -0.39 is 11.3 Å². The van der Waals surface area contributed by atoms with Crippen molar-refractivity contribution in [3.05, 3.63) is 77.8 Å². The normalized spacial score (nSPS) is 24.3. The van der Waals surface area contributed by atoms with Crippen molar-refractivity contribution >= 4 is 11.7 Å². The number of rotatable bonds is 3. The number of carbonyl (C=O) groups excluding carboxylic acids is 2. The molecule has 1 amide bonds. The average Bonchev–Trinajstić information content (AvgIpc) is 2.82. The van der Waals surface area contributed by atoms with Crippen LogP contribution in [0, 0.1) is 11.8 Å². The number of hydrogen-bond acceptors (Lipinski definition) is 5. The molecule has 3 aromatic rings. The summed E-state index contributed by atoms with van der Waals surface area (Å²) in [6.45, 7) is 3.97. The molecule has 6 heteroatoms. The minimum absolute atomic E-state index is 0.0365. The molecular weight excluding hydrogens is 400 g/mol. The standard InChI is InChI=1S/C26H24N4O2/c1-15-20-9-8-18-21(16-6-4-3-5-7-16)29-25(17-10-12-28-13-11-17)30-23(18)26(20,2)14-19(22(15)31)24(27)32/h3-7,10-15,20H,8-9H2,1-2H3,(H2,27,32)/t15-,20-,26-/m1/s1. The van der Waals surface area contributed by atoms with Crippen molar-refractivity contribution in [2.24, 2.45) is 17.6 Å². The number of nitrogens with two attached hydrogens (primary N) is 1. The molecule has 0 aliphatic heterocycles. The number of hydrogen-bond donors (Lipinski definition) is 1. The number of ketones is 1. The maximum atomic E-state index is 12.8. The zero-order chi connectivity index (χ0) is 22.5. The molecule has 2 aromatic heterocycles. The van der Waals surface area contributed by atoms with Gasteiger partial charge in [-0.25, -0.2) is 9.97 Å². The molecule has 0 saturated heterocycles. The van der Waals surface area contributed by atoms with Crippen molar-refractivity contribution in [1.29, 1.82) is 0 Å². The van der Waals surface area contributed by atoms with Gasteiger partial charge in [-0.2, -0.15) is 0 Å². The largest absolute Gasteiger partial charge is 0.365 e. The lowest BCUT2D eigenvalue weighted by molar-refractivity contribution is -0.125. The second-order valence-corrected chi connectivity index (χ2v) is 8.83. The first-order chi connectivity index (χ1) is 15.4. The van der Waals surface area contributed by atoms with Crippen LogP contribution in [0.4, 0.5) is 0 Å². The number of pyridine rings is 1. The summed E-state index contributed by atoms with van der Waals surface area (Å²) >= 11 is 0. The van der Waals surface area contributed by atoms with Gasteiger partial charge in [0.15, 0.2) is 11.6 Å². The topological polar surface area (TPSA) is 98.8 Å². The summed E-state index contributed by atoms with van der Waals surface area (Å²) in [7, 11) is 0. The second kappa shape index (κ2) is 7.48. The molecule has 1 aromatic carbocycles. The Labute approximate surface area is 186 Å². The van der Waals surface area contributed by atoms with Gasteiger partial charge in [0.1, 0.15) is 0 Å². The number of carbonyl (C=O) groups is 2. The third-order valence-corrected chi connectivity index (χ3v) is 6.97. The number of benzene rings is 1. The predicted octanol–water partition coefficient (Wildman–Crippen LogP) is 3.66. The Morgan fingerprint density at radius 1 is 1.06 bits per heavy atom. The van der Waals surface area contributed by atoms with Crippen LogP contribution in [0.25, 0.3) is 22.6 Å². The third-order valence-electron chi connectivity index (χ3n) is 6.97. The maximum Gasteiger partial charge on any atom is 0.252 e. The fourth-order valence-electron chi connectivity index (χ4n) is 5.34. The molecule has 0 radical (unpaired) electrons. The van der Waals surface area contributed by atoms with Crippen molar-refractivity contribution in [2.45, 2.75) is 32.1 Å². The Morgan fingerprint density at radius 2 is 1.78 bits per heavy atom. The average molecular weight is 425 g/mol. The van der Waals surface area contributed by atoms with Crippen LogP contribution in [-0.4, -0.2) is 26.6 Å². The fraction of sp³-hybridized carbons (Fsp3) is 0.269. The van der Waals surface area contributed by atoms with Gasteiger partial charge in [-0.1, -0.05) is 50.3 Å². The van der Waals surface area contributed by atoms with Crippen LogP contribution in [0.3, 0.4) is 0 Å². The Morgan fingerprint density at radius 3 is 2.47 bits per heavy atom. The lowest BCUT2D eigenvalue weighted by atomic mass is 9.57. The van der Waals surface area contributed by atoms with Gasteiger partial charge in [-0.05, 0) is 30.9 Å². The summed E-state index contributed by atoms with van der Waals surface area (Å²) < 4.78 is 0. The summed E-state index contributed by atoms with van der Waals surface area (Å²) in [6.07, 6.45) is 6.79. The fourth-order valence-corrected chi connectivity index (χ4v) is 5.34. The summed E-state index contributed by atoms with van der Waals surface area (Å²) in [5.74, 6) is -0.518. The number of primary amides is 1. The highest BCUT2D eigenvalue weighted by atomic mass is 16.2. The summed E-state index contributed by atoms with van der Waals surface area (Å²) in [4.78, 5) is 39.1. The molecule has 32 heavy (non-hydrogen) atoms. The van der Waals surface area contributed by atoms with Gasteiger partial charge in [0.2, 0.25) is 0 Å². The quantitative estimate of drug-likeness (QED) is 0.647. The molecule has 3 atom stereocenters. The lowest BCUT2D eigenvalue weighted by Gasteiger charge is -2.46. The highest BCUT2D eigenvalue weighted by molar-refractivity contribution is 6.20. The van der Waals surface area contributed by atoms with Gasteiger partial charge < -0.3 is 5.73 Å². The second-order valence-electron chi connectivity index (χ2n) is 8.83. The Bertz CT molecular complexity index is 1250. The van der Waals surface area contributed by atoms with Crippen LogP contribution in [0.1, 0.15) is 31.5 Å². The number of fused-ring (bicyclic) bond motifs is 3. The van der Waals surface area contributed by atoms with E-state index >= 15 is 0 Å². The minimum Gasteiger partial charge on any atom is -0.365 e. The molecule has 5 rings (SSSR count). The van der Waals surface area contributed by atoms with Crippen LogP contribution in [0.5, 0.6) is 0 Å². The molecule has 2 aliphatic rings. The van der Waals surface area contributed by atoms with Gasteiger partial charge in [0.05, 0.1) is 17.0 Å². The SMILES string of the molecule is C[C@H]1C(=O)C(C(N)=O)=C[C@@]2(C)c3nc(-c4ccncc4)nc(-c4ccccc4)c3CC[C@H]12.